The lowest BCUT2D eigenvalue weighted by atomic mass is 10.1. The van der Waals surface area contributed by atoms with Crippen molar-refractivity contribution < 1.29 is 31.1 Å². The zero-order valence-corrected chi connectivity index (χ0v) is 11.3. The van der Waals surface area contributed by atoms with E-state index in [1.165, 1.54) is 24.3 Å². The van der Waals surface area contributed by atoms with Gasteiger partial charge in [0.05, 0.1) is 0 Å². The lowest BCUT2D eigenvalue weighted by Crippen LogP contribution is -2.11. The first-order chi connectivity index (χ1) is 9.16. The van der Waals surface area contributed by atoms with Crippen molar-refractivity contribution in [1.29, 1.82) is 0 Å². The molecular formula is C10H8NO7S2. The highest BCUT2D eigenvalue weighted by atomic mass is 32.2. The van der Waals surface area contributed by atoms with Crippen LogP contribution in [0.25, 0.3) is 10.8 Å². The van der Waals surface area contributed by atoms with Crippen molar-refractivity contribution >= 4 is 36.7 Å². The van der Waals surface area contributed by atoms with E-state index < -0.39 is 35.7 Å². The molecule has 1 radical (unpaired) electrons. The number of fused-ring (bicyclic) bond motifs is 1. The summed E-state index contributed by atoms with van der Waals surface area (Å²) in [6.45, 7) is 0. The third-order valence-corrected chi connectivity index (χ3v) is 4.51. The van der Waals surface area contributed by atoms with Crippen LogP contribution in [-0.2, 0) is 20.2 Å². The van der Waals surface area contributed by atoms with Crippen molar-refractivity contribution in [1.82, 2.24) is 5.48 Å². The van der Waals surface area contributed by atoms with Crippen molar-refractivity contribution in [3.63, 3.8) is 0 Å². The molecule has 0 atom stereocenters. The Bertz CT molecular complexity index is 887. The molecule has 0 amide bonds. The molecule has 0 spiro atoms. The normalized spacial score (nSPS) is 12.6. The fourth-order valence-electron chi connectivity index (χ4n) is 1.82. The summed E-state index contributed by atoms with van der Waals surface area (Å²) in [7, 11) is -9.99. The van der Waals surface area contributed by atoms with E-state index >= 15 is 0 Å². The molecule has 8 nitrogen and oxygen atoms in total. The number of benzene rings is 2. The van der Waals surface area contributed by atoms with Crippen molar-refractivity contribution in [3.05, 3.63) is 30.3 Å². The van der Waals surface area contributed by atoms with E-state index in [0.29, 0.717) is 0 Å². The van der Waals surface area contributed by atoms with Gasteiger partial charge in [0.2, 0.25) is 0 Å². The Labute approximate surface area is 114 Å². The molecule has 0 heterocycles. The maximum atomic E-state index is 11.3. The number of rotatable bonds is 3. The number of hydrogen-bond acceptors (Lipinski definition) is 5. The van der Waals surface area contributed by atoms with Gasteiger partial charge in [-0.15, -0.1) is 5.48 Å². The highest BCUT2D eigenvalue weighted by molar-refractivity contribution is 7.89. The van der Waals surface area contributed by atoms with E-state index in [9.17, 15) is 16.8 Å². The lowest BCUT2D eigenvalue weighted by Gasteiger charge is -2.11. The van der Waals surface area contributed by atoms with Crippen LogP contribution in [0.3, 0.4) is 0 Å². The van der Waals surface area contributed by atoms with Crippen LogP contribution in [0.2, 0.25) is 0 Å². The minimum absolute atomic E-state index is 0.0926. The average Bonchev–Trinajstić information content (AvgIpc) is 2.34. The number of nitrogens with zero attached hydrogens (tertiary/aromatic N) is 1. The number of hydrogen-bond donors (Lipinski definition) is 3. The van der Waals surface area contributed by atoms with Crippen LogP contribution in [0.15, 0.2) is 40.1 Å². The summed E-state index contributed by atoms with van der Waals surface area (Å²) < 4.78 is 63.4. The Balaban J connectivity index is 3.14. The van der Waals surface area contributed by atoms with Gasteiger partial charge in [0.25, 0.3) is 20.2 Å². The molecule has 0 saturated heterocycles. The maximum Gasteiger partial charge on any atom is 0.298 e. The second kappa shape index (κ2) is 4.68. The molecule has 0 unspecified atom stereocenters. The van der Waals surface area contributed by atoms with Gasteiger partial charge < -0.3 is 0 Å². The van der Waals surface area contributed by atoms with E-state index in [1.54, 1.807) is 0 Å². The molecule has 2 aromatic carbocycles. The molecule has 20 heavy (non-hydrogen) atoms. The summed E-state index contributed by atoms with van der Waals surface area (Å²) in [5.41, 5.74) is 2.06. The van der Waals surface area contributed by atoms with E-state index in [0.717, 1.165) is 6.07 Å². The molecule has 0 aromatic heterocycles. The van der Waals surface area contributed by atoms with Gasteiger partial charge in [-0.25, -0.2) is 0 Å². The summed E-state index contributed by atoms with van der Waals surface area (Å²) >= 11 is 0. The van der Waals surface area contributed by atoms with Gasteiger partial charge in [0, 0.05) is 5.39 Å². The molecule has 0 aliphatic heterocycles. The molecule has 10 heteroatoms. The van der Waals surface area contributed by atoms with Crippen molar-refractivity contribution in [3.8, 4) is 0 Å². The highest BCUT2D eigenvalue weighted by Crippen LogP contribution is 2.35. The summed E-state index contributed by atoms with van der Waals surface area (Å²) in [4.78, 5) is -2.24. The quantitative estimate of drug-likeness (QED) is 0.564. The molecule has 0 aliphatic carbocycles. The van der Waals surface area contributed by atoms with Crippen LogP contribution in [0, 0.1) is 0 Å². The standard InChI is InChI=1S/C10H8NO7S2/c12-11-9-7-4-2-1-3-6(7)5-8(19(13,14)15)10(9)20(16,17)18/h1-5,12H,(H,13,14,15)(H,16,17,18). The monoisotopic (exact) mass is 318 g/mol. The fourth-order valence-corrected chi connectivity index (χ4v) is 3.77. The summed E-state index contributed by atoms with van der Waals surface area (Å²) in [6, 6.07) is 6.68. The Morgan fingerprint density at radius 3 is 2.05 bits per heavy atom. The summed E-state index contributed by atoms with van der Waals surface area (Å²) in [6.07, 6.45) is 0. The van der Waals surface area contributed by atoms with Crippen LogP contribution in [0.1, 0.15) is 0 Å². The Hall–Kier alpha value is -1.72. The van der Waals surface area contributed by atoms with E-state index in [-0.39, 0.29) is 10.8 Å². The van der Waals surface area contributed by atoms with Crippen LogP contribution < -0.4 is 5.48 Å². The Morgan fingerprint density at radius 1 is 0.950 bits per heavy atom. The van der Waals surface area contributed by atoms with Crippen LogP contribution in [0.5, 0.6) is 0 Å². The predicted octanol–water partition coefficient (Wildman–Crippen LogP) is 0.958. The Morgan fingerprint density at radius 2 is 1.55 bits per heavy atom. The largest absolute Gasteiger partial charge is 0.298 e. The van der Waals surface area contributed by atoms with E-state index in [1.807, 2.05) is 0 Å². The topological polar surface area (TPSA) is 143 Å². The van der Waals surface area contributed by atoms with Gasteiger partial charge in [-0.1, -0.05) is 24.3 Å². The molecule has 107 valence electrons. The first-order valence-electron chi connectivity index (χ1n) is 5.02. The second-order valence-corrected chi connectivity index (χ2v) is 6.57. The SMILES string of the molecule is O=S(=O)(O)c1cc2ccccc2c([N]O)c1S(=O)(=O)O. The van der Waals surface area contributed by atoms with Crippen LogP contribution in [0.4, 0.5) is 5.69 Å². The fraction of sp³-hybridized carbons (Fsp3) is 0. The predicted molar refractivity (Wildman–Crippen MR) is 67.2 cm³/mol. The smallest absolute Gasteiger partial charge is 0.282 e. The van der Waals surface area contributed by atoms with Gasteiger partial charge in [0.15, 0.2) is 0 Å². The maximum absolute atomic E-state index is 11.3. The minimum Gasteiger partial charge on any atom is -0.282 e. The van der Waals surface area contributed by atoms with E-state index in [2.05, 4.69) is 5.48 Å². The van der Waals surface area contributed by atoms with Crippen LogP contribution >= 0.6 is 0 Å². The van der Waals surface area contributed by atoms with Gasteiger partial charge >= 0.3 is 0 Å². The zero-order valence-electron chi connectivity index (χ0n) is 9.63. The van der Waals surface area contributed by atoms with Gasteiger partial charge in [-0.3, -0.25) is 14.3 Å². The van der Waals surface area contributed by atoms with Crippen molar-refractivity contribution in [2.45, 2.75) is 9.79 Å². The molecule has 0 bridgehead atoms. The third-order valence-electron chi connectivity index (χ3n) is 2.58. The van der Waals surface area contributed by atoms with Gasteiger partial charge in [0.1, 0.15) is 15.5 Å². The summed E-state index contributed by atoms with van der Waals surface area (Å²) in [5.74, 6) is 0. The molecule has 2 rings (SSSR count). The first-order valence-corrected chi connectivity index (χ1v) is 7.90. The van der Waals surface area contributed by atoms with Crippen LogP contribution in [-0.4, -0.2) is 31.1 Å². The molecule has 0 fully saturated rings. The lowest BCUT2D eigenvalue weighted by molar-refractivity contribution is 0.208. The zero-order chi connectivity index (χ0) is 15.1. The molecule has 0 aliphatic rings. The van der Waals surface area contributed by atoms with Crippen molar-refractivity contribution in [2.24, 2.45) is 0 Å². The molecule has 3 N–H and O–H groups in total. The van der Waals surface area contributed by atoms with Crippen molar-refractivity contribution in [2.75, 3.05) is 0 Å². The Kier molecular flexibility index (Phi) is 3.44. The third kappa shape index (κ3) is 2.46. The first kappa shape index (κ1) is 14.7. The van der Waals surface area contributed by atoms with E-state index in [4.69, 9.17) is 14.3 Å². The molecule has 0 saturated carbocycles. The molecular weight excluding hydrogens is 310 g/mol. The molecule has 2 aromatic rings. The summed E-state index contributed by atoms with van der Waals surface area (Å²) in [5, 5.41) is 9.24. The van der Waals surface area contributed by atoms with Gasteiger partial charge in [-0.05, 0) is 11.5 Å². The average molecular weight is 318 g/mol. The second-order valence-electron chi connectivity index (χ2n) is 3.82. The van der Waals surface area contributed by atoms with Gasteiger partial charge in [-0.2, -0.15) is 16.8 Å². The highest BCUT2D eigenvalue weighted by Gasteiger charge is 2.30. The minimum atomic E-state index is -5.04.